The summed E-state index contributed by atoms with van der Waals surface area (Å²) in [7, 11) is 0. The van der Waals surface area contributed by atoms with E-state index in [4.69, 9.17) is 32.7 Å². The average Bonchev–Trinajstić information content (AvgIpc) is 2.45. The van der Waals surface area contributed by atoms with Gasteiger partial charge in [-0.05, 0) is 26.0 Å². The third-order valence-electron chi connectivity index (χ3n) is 2.46. The van der Waals surface area contributed by atoms with Crippen molar-refractivity contribution >= 4 is 23.2 Å². The predicted octanol–water partition coefficient (Wildman–Crippen LogP) is 3.82. The zero-order valence-electron chi connectivity index (χ0n) is 8.54. The molecule has 0 aromatic heterocycles. The summed E-state index contributed by atoms with van der Waals surface area (Å²) in [6, 6.07) is 5.43. The second kappa shape index (κ2) is 4.30. The number of hydrogen-bond donors (Lipinski definition) is 0. The summed E-state index contributed by atoms with van der Waals surface area (Å²) in [5.41, 5.74) is 0.817. The summed E-state index contributed by atoms with van der Waals surface area (Å²) in [5, 5.41) is 1.24. The summed E-state index contributed by atoms with van der Waals surface area (Å²) < 4.78 is 11.1. The lowest BCUT2D eigenvalue weighted by Crippen LogP contribution is -2.11. The van der Waals surface area contributed by atoms with Crippen LogP contribution in [0.2, 0.25) is 10.0 Å². The zero-order chi connectivity index (χ0) is 11.0. The minimum atomic E-state index is -0.211. The van der Waals surface area contributed by atoms with E-state index in [1.54, 1.807) is 0 Å². The molecule has 0 radical (unpaired) electrons. The Morgan fingerprint density at radius 1 is 1.07 bits per heavy atom. The van der Waals surface area contributed by atoms with Crippen LogP contribution in [-0.4, -0.2) is 12.4 Å². The molecule has 0 amide bonds. The zero-order valence-corrected chi connectivity index (χ0v) is 10.0. The molecule has 0 aliphatic carbocycles. The molecular weight excluding hydrogens is 235 g/mol. The lowest BCUT2D eigenvalue weighted by molar-refractivity contribution is -0.0494. The molecule has 1 heterocycles. The number of halogens is 2. The standard InChI is InChI=1S/C11H12Cl2O2/c1-6-11(15-7(2)14-6)10-8(12)4-3-5-9(10)13/h3-7,11H,1-2H3. The Morgan fingerprint density at radius 2 is 1.67 bits per heavy atom. The molecule has 1 saturated heterocycles. The summed E-state index contributed by atoms with van der Waals surface area (Å²) in [6.07, 6.45) is -0.420. The van der Waals surface area contributed by atoms with Gasteiger partial charge in [0.15, 0.2) is 6.29 Å². The molecule has 2 rings (SSSR count). The Labute approximate surface area is 99.1 Å². The topological polar surface area (TPSA) is 18.5 Å². The van der Waals surface area contributed by atoms with Crippen LogP contribution in [0.25, 0.3) is 0 Å². The molecule has 1 aromatic rings. The highest BCUT2D eigenvalue weighted by Crippen LogP contribution is 2.39. The van der Waals surface area contributed by atoms with Crippen molar-refractivity contribution < 1.29 is 9.47 Å². The fourth-order valence-corrected chi connectivity index (χ4v) is 2.42. The van der Waals surface area contributed by atoms with Crippen molar-refractivity contribution in [1.29, 1.82) is 0 Å². The van der Waals surface area contributed by atoms with E-state index in [-0.39, 0.29) is 18.5 Å². The van der Waals surface area contributed by atoms with Crippen molar-refractivity contribution in [3.8, 4) is 0 Å². The maximum Gasteiger partial charge on any atom is 0.156 e. The molecule has 2 nitrogen and oxygen atoms in total. The lowest BCUT2D eigenvalue weighted by atomic mass is 10.1. The molecular formula is C11H12Cl2O2. The van der Waals surface area contributed by atoms with Gasteiger partial charge in [0.05, 0.1) is 6.10 Å². The second-order valence-corrected chi connectivity index (χ2v) is 4.42. The van der Waals surface area contributed by atoms with Gasteiger partial charge in [0.1, 0.15) is 6.10 Å². The SMILES string of the molecule is CC1OC(C)C(c2c(Cl)cccc2Cl)O1. The molecule has 0 spiro atoms. The van der Waals surface area contributed by atoms with Crippen LogP contribution in [0, 0.1) is 0 Å². The molecule has 1 aliphatic rings. The Balaban J connectivity index is 2.37. The van der Waals surface area contributed by atoms with Crippen LogP contribution >= 0.6 is 23.2 Å². The van der Waals surface area contributed by atoms with Gasteiger partial charge in [-0.3, -0.25) is 0 Å². The van der Waals surface area contributed by atoms with Gasteiger partial charge in [0.2, 0.25) is 0 Å². The smallest absolute Gasteiger partial charge is 0.156 e. The van der Waals surface area contributed by atoms with Gasteiger partial charge in [0.25, 0.3) is 0 Å². The van der Waals surface area contributed by atoms with Crippen LogP contribution < -0.4 is 0 Å². The molecule has 1 aromatic carbocycles. The largest absolute Gasteiger partial charge is 0.347 e. The molecule has 4 heteroatoms. The summed E-state index contributed by atoms with van der Waals surface area (Å²) in [6.45, 7) is 3.81. The van der Waals surface area contributed by atoms with Gasteiger partial charge >= 0.3 is 0 Å². The maximum absolute atomic E-state index is 6.10. The Kier molecular flexibility index (Phi) is 3.21. The van der Waals surface area contributed by atoms with E-state index in [0.29, 0.717) is 10.0 Å². The third kappa shape index (κ3) is 2.13. The van der Waals surface area contributed by atoms with Gasteiger partial charge in [-0.1, -0.05) is 29.3 Å². The highest BCUT2D eigenvalue weighted by Gasteiger charge is 2.34. The van der Waals surface area contributed by atoms with Crippen LogP contribution in [0.15, 0.2) is 18.2 Å². The predicted molar refractivity (Wildman–Crippen MR) is 60.3 cm³/mol. The Hall–Kier alpha value is -0.280. The van der Waals surface area contributed by atoms with Crippen molar-refractivity contribution in [3.05, 3.63) is 33.8 Å². The second-order valence-electron chi connectivity index (χ2n) is 3.60. The first-order chi connectivity index (χ1) is 7.09. The number of rotatable bonds is 1. The molecule has 3 atom stereocenters. The van der Waals surface area contributed by atoms with Gasteiger partial charge < -0.3 is 9.47 Å². The molecule has 0 saturated carbocycles. The van der Waals surface area contributed by atoms with Gasteiger partial charge in [-0.25, -0.2) is 0 Å². The van der Waals surface area contributed by atoms with E-state index in [9.17, 15) is 0 Å². The lowest BCUT2D eigenvalue weighted by Gasteiger charge is -2.16. The third-order valence-corrected chi connectivity index (χ3v) is 3.11. The van der Waals surface area contributed by atoms with Crippen molar-refractivity contribution in [2.75, 3.05) is 0 Å². The number of hydrogen-bond acceptors (Lipinski definition) is 2. The van der Waals surface area contributed by atoms with Gasteiger partial charge in [-0.2, -0.15) is 0 Å². The van der Waals surface area contributed by atoms with Crippen LogP contribution in [0.4, 0.5) is 0 Å². The normalized spacial score (nSPS) is 30.8. The quantitative estimate of drug-likeness (QED) is 0.751. The maximum atomic E-state index is 6.10. The van der Waals surface area contributed by atoms with E-state index in [2.05, 4.69) is 0 Å². The van der Waals surface area contributed by atoms with E-state index >= 15 is 0 Å². The average molecular weight is 247 g/mol. The van der Waals surface area contributed by atoms with E-state index in [1.807, 2.05) is 32.0 Å². The minimum absolute atomic E-state index is 0.0302. The number of benzene rings is 1. The fourth-order valence-electron chi connectivity index (χ4n) is 1.81. The molecule has 1 fully saturated rings. The molecule has 0 N–H and O–H groups in total. The fraction of sp³-hybridized carbons (Fsp3) is 0.455. The summed E-state index contributed by atoms with van der Waals surface area (Å²) >= 11 is 12.2. The first-order valence-electron chi connectivity index (χ1n) is 4.84. The van der Waals surface area contributed by atoms with Crippen LogP contribution in [-0.2, 0) is 9.47 Å². The minimum Gasteiger partial charge on any atom is -0.347 e. The molecule has 3 unspecified atom stereocenters. The Morgan fingerprint density at radius 3 is 2.13 bits per heavy atom. The van der Waals surface area contributed by atoms with Crippen molar-refractivity contribution in [3.63, 3.8) is 0 Å². The van der Waals surface area contributed by atoms with Crippen LogP contribution in [0.5, 0.6) is 0 Å². The summed E-state index contributed by atoms with van der Waals surface area (Å²) in [5.74, 6) is 0. The van der Waals surface area contributed by atoms with Gasteiger partial charge in [0, 0.05) is 15.6 Å². The van der Waals surface area contributed by atoms with E-state index in [0.717, 1.165) is 5.56 Å². The summed E-state index contributed by atoms with van der Waals surface area (Å²) in [4.78, 5) is 0. The van der Waals surface area contributed by atoms with E-state index in [1.165, 1.54) is 0 Å². The molecule has 82 valence electrons. The first-order valence-corrected chi connectivity index (χ1v) is 5.60. The van der Waals surface area contributed by atoms with Crippen LogP contribution in [0.1, 0.15) is 25.5 Å². The van der Waals surface area contributed by atoms with Crippen LogP contribution in [0.3, 0.4) is 0 Å². The van der Waals surface area contributed by atoms with Crippen molar-refractivity contribution in [2.45, 2.75) is 32.3 Å². The highest BCUT2D eigenvalue weighted by molar-refractivity contribution is 6.36. The first kappa shape index (κ1) is 11.2. The molecule has 1 aliphatic heterocycles. The molecule has 15 heavy (non-hydrogen) atoms. The van der Waals surface area contributed by atoms with Crippen molar-refractivity contribution in [2.24, 2.45) is 0 Å². The van der Waals surface area contributed by atoms with Crippen molar-refractivity contribution in [1.82, 2.24) is 0 Å². The number of ether oxygens (including phenoxy) is 2. The Bertz CT molecular complexity index is 347. The van der Waals surface area contributed by atoms with Gasteiger partial charge in [-0.15, -0.1) is 0 Å². The highest BCUT2D eigenvalue weighted by atomic mass is 35.5. The van der Waals surface area contributed by atoms with E-state index < -0.39 is 0 Å². The molecule has 0 bridgehead atoms. The monoisotopic (exact) mass is 246 g/mol.